The molecule has 0 aromatic carbocycles. The third-order valence-electron chi connectivity index (χ3n) is 2.19. The fraction of sp³-hybridized carbons (Fsp3) is 0.700. The van der Waals surface area contributed by atoms with E-state index in [9.17, 15) is 0 Å². The molecule has 0 saturated carbocycles. The van der Waals surface area contributed by atoms with Crippen LogP contribution in [0.25, 0.3) is 0 Å². The Morgan fingerprint density at radius 2 is 2.31 bits per heavy atom. The smallest absolute Gasteiger partial charge is 0.122 e. The molecule has 1 aromatic heterocycles. The van der Waals surface area contributed by atoms with Crippen LogP contribution in [0.4, 0.5) is 0 Å². The van der Waals surface area contributed by atoms with Crippen LogP contribution in [0.3, 0.4) is 0 Å². The minimum absolute atomic E-state index is 0.316. The van der Waals surface area contributed by atoms with Crippen LogP contribution in [0.2, 0.25) is 0 Å². The molecule has 3 heteroatoms. The van der Waals surface area contributed by atoms with Crippen molar-refractivity contribution in [3.05, 3.63) is 18.2 Å². The summed E-state index contributed by atoms with van der Waals surface area (Å²) in [6.07, 6.45) is 6.08. The van der Waals surface area contributed by atoms with E-state index in [1.807, 2.05) is 6.20 Å². The molecule has 1 heterocycles. The van der Waals surface area contributed by atoms with Crippen molar-refractivity contribution in [3.63, 3.8) is 0 Å². The lowest BCUT2D eigenvalue weighted by molar-refractivity contribution is 0.442. The van der Waals surface area contributed by atoms with Gasteiger partial charge in [0.2, 0.25) is 0 Å². The molecule has 0 aliphatic rings. The Kier molecular flexibility index (Phi) is 3.96. The molecular formula is C10H19N3. The zero-order chi connectivity index (χ0) is 9.68. The van der Waals surface area contributed by atoms with Crippen molar-refractivity contribution >= 4 is 0 Å². The third kappa shape index (κ3) is 3.19. The predicted octanol–water partition coefficient (Wildman–Crippen LogP) is 2.25. The van der Waals surface area contributed by atoms with Gasteiger partial charge in [0.15, 0.2) is 0 Å². The Hall–Kier alpha value is -0.830. The highest BCUT2D eigenvalue weighted by molar-refractivity contribution is 4.93. The van der Waals surface area contributed by atoms with Gasteiger partial charge in [0.05, 0.1) is 6.04 Å². The Balaban J connectivity index is 2.37. The standard InChI is InChI=1S/C10H19N3/c1-4-5-8(2)13-9(3)10-11-6-7-12-10/h6-9,13H,4-5H2,1-3H3,(H,11,12). The Morgan fingerprint density at radius 1 is 1.54 bits per heavy atom. The molecule has 0 spiro atoms. The van der Waals surface area contributed by atoms with E-state index in [0.717, 1.165) is 5.82 Å². The van der Waals surface area contributed by atoms with Crippen LogP contribution in [0.1, 0.15) is 45.5 Å². The molecule has 0 amide bonds. The molecule has 1 rings (SSSR count). The quantitative estimate of drug-likeness (QED) is 0.731. The molecule has 1 aromatic rings. The van der Waals surface area contributed by atoms with Gasteiger partial charge in [-0.05, 0) is 20.3 Å². The molecule has 0 aliphatic heterocycles. The molecular weight excluding hydrogens is 162 g/mol. The highest BCUT2D eigenvalue weighted by Gasteiger charge is 2.09. The van der Waals surface area contributed by atoms with E-state index < -0.39 is 0 Å². The summed E-state index contributed by atoms with van der Waals surface area (Å²) in [6.45, 7) is 6.55. The van der Waals surface area contributed by atoms with Crippen molar-refractivity contribution in [1.29, 1.82) is 0 Å². The normalized spacial score (nSPS) is 15.6. The maximum atomic E-state index is 4.21. The van der Waals surface area contributed by atoms with E-state index in [2.05, 4.69) is 36.1 Å². The molecule has 0 saturated heterocycles. The molecule has 2 N–H and O–H groups in total. The molecule has 0 radical (unpaired) electrons. The first-order chi connectivity index (χ1) is 6.24. The van der Waals surface area contributed by atoms with E-state index in [1.54, 1.807) is 6.20 Å². The minimum Gasteiger partial charge on any atom is -0.347 e. The summed E-state index contributed by atoms with van der Waals surface area (Å²) < 4.78 is 0. The first-order valence-corrected chi connectivity index (χ1v) is 4.99. The zero-order valence-electron chi connectivity index (χ0n) is 8.67. The highest BCUT2D eigenvalue weighted by Crippen LogP contribution is 2.08. The molecule has 0 fully saturated rings. The molecule has 2 atom stereocenters. The number of rotatable bonds is 5. The van der Waals surface area contributed by atoms with E-state index in [0.29, 0.717) is 12.1 Å². The van der Waals surface area contributed by atoms with Gasteiger partial charge in [0.1, 0.15) is 5.82 Å². The topological polar surface area (TPSA) is 40.7 Å². The zero-order valence-corrected chi connectivity index (χ0v) is 8.67. The Morgan fingerprint density at radius 3 is 2.85 bits per heavy atom. The average molecular weight is 181 g/mol. The van der Waals surface area contributed by atoms with Crippen LogP contribution in [0.15, 0.2) is 12.4 Å². The van der Waals surface area contributed by atoms with Crippen molar-refractivity contribution in [2.75, 3.05) is 0 Å². The summed E-state index contributed by atoms with van der Waals surface area (Å²) in [4.78, 5) is 7.32. The lowest BCUT2D eigenvalue weighted by atomic mass is 10.1. The van der Waals surface area contributed by atoms with Gasteiger partial charge in [-0.1, -0.05) is 13.3 Å². The highest BCUT2D eigenvalue weighted by atomic mass is 15.0. The summed E-state index contributed by atoms with van der Waals surface area (Å²) in [5.74, 6) is 1.02. The minimum atomic E-state index is 0.316. The largest absolute Gasteiger partial charge is 0.347 e. The maximum Gasteiger partial charge on any atom is 0.122 e. The second-order valence-corrected chi connectivity index (χ2v) is 3.55. The van der Waals surface area contributed by atoms with Gasteiger partial charge in [-0.25, -0.2) is 4.98 Å². The maximum absolute atomic E-state index is 4.21. The summed E-state index contributed by atoms with van der Waals surface area (Å²) in [6, 6.07) is 0.877. The van der Waals surface area contributed by atoms with Crippen LogP contribution in [0.5, 0.6) is 0 Å². The van der Waals surface area contributed by atoms with Crippen molar-refractivity contribution in [2.24, 2.45) is 0 Å². The van der Waals surface area contributed by atoms with Gasteiger partial charge in [0, 0.05) is 18.4 Å². The lowest BCUT2D eigenvalue weighted by Crippen LogP contribution is -2.29. The summed E-state index contributed by atoms with van der Waals surface area (Å²) in [5.41, 5.74) is 0. The van der Waals surface area contributed by atoms with Gasteiger partial charge >= 0.3 is 0 Å². The van der Waals surface area contributed by atoms with Gasteiger partial charge in [-0.15, -0.1) is 0 Å². The van der Waals surface area contributed by atoms with Crippen LogP contribution in [-0.2, 0) is 0 Å². The van der Waals surface area contributed by atoms with Crippen molar-refractivity contribution in [3.8, 4) is 0 Å². The molecule has 3 nitrogen and oxygen atoms in total. The van der Waals surface area contributed by atoms with Crippen molar-refractivity contribution < 1.29 is 0 Å². The van der Waals surface area contributed by atoms with Crippen LogP contribution >= 0.6 is 0 Å². The van der Waals surface area contributed by atoms with E-state index in [-0.39, 0.29) is 0 Å². The fourth-order valence-corrected chi connectivity index (χ4v) is 1.54. The molecule has 74 valence electrons. The first-order valence-electron chi connectivity index (χ1n) is 4.99. The SMILES string of the molecule is CCCC(C)NC(C)c1ncc[nH]1. The second kappa shape index (κ2) is 5.02. The number of nitrogens with one attached hydrogen (secondary N) is 2. The number of H-pyrrole nitrogens is 1. The molecule has 0 bridgehead atoms. The molecule has 13 heavy (non-hydrogen) atoms. The summed E-state index contributed by atoms with van der Waals surface area (Å²) in [5, 5.41) is 3.49. The number of aromatic amines is 1. The van der Waals surface area contributed by atoms with Crippen LogP contribution in [0, 0.1) is 0 Å². The predicted molar refractivity (Wildman–Crippen MR) is 54.5 cm³/mol. The van der Waals surface area contributed by atoms with Crippen molar-refractivity contribution in [2.45, 2.75) is 45.7 Å². The van der Waals surface area contributed by atoms with Gasteiger partial charge < -0.3 is 10.3 Å². The van der Waals surface area contributed by atoms with E-state index >= 15 is 0 Å². The average Bonchev–Trinajstić information content (AvgIpc) is 2.55. The van der Waals surface area contributed by atoms with Gasteiger partial charge in [-0.2, -0.15) is 0 Å². The van der Waals surface area contributed by atoms with E-state index in [4.69, 9.17) is 0 Å². The van der Waals surface area contributed by atoms with Gasteiger partial charge in [-0.3, -0.25) is 0 Å². The number of hydrogen-bond acceptors (Lipinski definition) is 2. The van der Waals surface area contributed by atoms with Crippen LogP contribution < -0.4 is 5.32 Å². The summed E-state index contributed by atoms with van der Waals surface area (Å²) >= 11 is 0. The first kappa shape index (κ1) is 10.3. The Labute approximate surface area is 80.0 Å². The van der Waals surface area contributed by atoms with Crippen LogP contribution in [-0.4, -0.2) is 16.0 Å². The number of aromatic nitrogens is 2. The lowest BCUT2D eigenvalue weighted by Gasteiger charge is -2.17. The number of hydrogen-bond donors (Lipinski definition) is 2. The van der Waals surface area contributed by atoms with E-state index in [1.165, 1.54) is 12.8 Å². The monoisotopic (exact) mass is 181 g/mol. The third-order valence-corrected chi connectivity index (χ3v) is 2.19. The number of imidazole rings is 1. The molecule has 0 aliphatic carbocycles. The van der Waals surface area contributed by atoms with Crippen molar-refractivity contribution in [1.82, 2.24) is 15.3 Å². The number of nitrogens with zero attached hydrogens (tertiary/aromatic N) is 1. The fourth-order valence-electron chi connectivity index (χ4n) is 1.54. The Bertz CT molecular complexity index is 218. The molecule has 2 unspecified atom stereocenters. The second-order valence-electron chi connectivity index (χ2n) is 3.55. The summed E-state index contributed by atoms with van der Waals surface area (Å²) in [7, 11) is 0. The van der Waals surface area contributed by atoms with Gasteiger partial charge in [0.25, 0.3) is 0 Å².